The Labute approximate surface area is 127 Å². The van der Waals surface area contributed by atoms with E-state index in [1.54, 1.807) is 0 Å². The van der Waals surface area contributed by atoms with Crippen LogP contribution in [0, 0.1) is 0 Å². The molecule has 0 saturated heterocycles. The zero-order valence-electron chi connectivity index (χ0n) is 12.9. The van der Waals surface area contributed by atoms with Crippen LogP contribution < -0.4 is 15.4 Å². The predicted octanol–water partition coefficient (Wildman–Crippen LogP) is 2.62. The van der Waals surface area contributed by atoms with E-state index in [0.717, 1.165) is 30.7 Å². The number of hydrogen-bond donors (Lipinski definition) is 2. The SMILES string of the molecule is CNCc1ccccc1OCC(=O)NC1CCCCCC1. The van der Waals surface area contributed by atoms with Crippen molar-refractivity contribution >= 4 is 5.91 Å². The fourth-order valence-electron chi connectivity index (χ4n) is 2.82. The number of amides is 1. The molecule has 0 unspecified atom stereocenters. The second-order valence-corrected chi connectivity index (χ2v) is 5.68. The molecule has 1 aliphatic rings. The molecule has 0 atom stereocenters. The van der Waals surface area contributed by atoms with Gasteiger partial charge in [-0.25, -0.2) is 0 Å². The molecule has 1 amide bonds. The third-order valence-corrected chi connectivity index (χ3v) is 3.92. The average Bonchev–Trinajstić information content (AvgIpc) is 2.75. The largest absolute Gasteiger partial charge is 0.483 e. The minimum absolute atomic E-state index is 0.0128. The highest BCUT2D eigenvalue weighted by molar-refractivity contribution is 5.77. The first-order valence-corrected chi connectivity index (χ1v) is 7.94. The Kier molecular flexibility index (Phi) is 6.54. The highest BCUT2D eigenvalue weighted by Gasteiger charge is 2.15. The van der Waals surface area contributed by atoms with Crippen LogP contribution in [0.15, 0.2) is 24.3 Å². The molecule has 4 nitrogen and oxygen atoms in total. The first kappa shape index (κ1) is 15.8. The maximum atomic E-state index is 12.0. The highest BCUT2D eigenvalue weighted by Crippen LogP contribution is 2.18. The maximum absolute atomic E-state index is 12.0. The van der Waals surface area contributed by atoms with Gasteiger partial charge in [0.1, 0.15) is 5.75 Å². The summed E-state index contributed by atoms with van der Waals surface area (Å²) < 4.78 is 5.67. The van der Waals surface area contributed by atoms with Crippen LogP contribution in [0.1, 0.15) is 44.1 Å². The van der Waals surface area contributed by atoms with Crippen molar-refractivity contribution in [3.8, 4) is 5.75 Å². The Balaban J connectivity index is 1.80. The Morgan fingerprint density at radius 2 is 1.90 bits per heavy atom. The van der Waals surface area contributed by atoms with Crippen LogP contribution in [0.2, 0.25) is 0 Å². The molecule has 1 aliphatic carbocycles. The zero-order valence-corrected chi connectivity index (χ0v) is 12.9. The zero-order chi connectivity index (χ0) is 14.9. The van der Waals surface area contributed by atoms with Gasteiger partial charge in [0, 0.05) is 18.2 Å². The van der Waals surface area contributed by atoms with E-state index in [9.17, 15) is 4.79 Å². The fraction of sp³-hybridized carbons (Fsp3) is 0.588. The molecule has 1 aromatic rings. The van der Waals surface area contributed by atoms with Crippen LogP contribution in [0.25, 0.3) is 0 Å². The third kappa shape index (κ3) is 5.38. The molecular formula is C17H26N2O2. The Morgan fingerprint density at radius 3 is 2.62 bits per heavy atom. The van der Waals surface area contributed by atoms with E-state index in [1.165, 1.54) is 25.7 Å². The maximum Gasteiger partial charge on any atom is 0.258 e. The molecule has 0 spiro atoms. The first-order chi connectivity index (χ1) is 10.3. The van der Waals surface area contributed by atoms with E-state index in [0.29, 0.717) is 6.04 Å². The molecule has 4 heteroatoms. The van der Waals surface area contributed by atoms with Gasteiger partial charge in [-0.1, -0.05) is 43.9 Å². The van der Waals surface area contributed by atoms with Crippen LogP contribution in [0.3, 0.4) is 0 Å². The molecule has 0 aliphatic heterocycles. The summed E-state index contributed by atoms with van der Waals surface area (Å²) in [6.45, 7) is 0.831. The topological polar surface area (TPSA) is 50.4 Å². The smallest absolute Gasteiger partial charge is 0.258 e. The van der Waals surface area contributed by atoms with Crippen molar-refractivity contribution in [2.45, 2.75) is 51.1 Å². The monoisotopic (exact) mass is 290 g/mol. The van der Waals surface area contributed by atoms with Gasteiger partial charge in [-0.05, 0) is 26.0 Å². The molecule has 116 valence electrons. The summed E-state index contributed by atoms with van der Waals surface area (Å²) in [5.74, 6) is 0.768. The van der Waals surface area contributed by atoms with Crippen LogP contribution in [0.4, 0.5) is 0 Å². The molecule has 1 aromatic carbocycles. The summed E-state index contributed by atoms with van der Waals surface area (Å²) in [7, 11) is 1.90. The molecule has 0 bridgehead atoms. The van der Waals surface area contributed by atoms with Gasteiger partial charge in [0.25, 0.3) is 5.91 Å². The number of carbonyl (C=O) groups is 1. The highest BCUT2D eigenvalue weighted by atomic mass is 16.5. The molecular weight excluding hydrogens is 264 g/mol. The Hall–Kier alpha value is -1.55. The first-order valence-electron chi connectivity index (χ1n) is 7.94. The minimum atomic E-state index is -0.0128. The van der Waals surface area contributed by atoms with Crippen LogP contribution >= 0.6 is 0 Å². The van der Waals surface area contributed by atoms with Crippen molar-refractivity contribution < 1.29 is 9.53 Å². The molecule has 0 heterocycles. The number of hydrogen-bond acceptors (Lipinski definition) is 3. The molecule has 0 radical (unpaired) electrons. The second-order valence-electron chi connectivity index (χ2n) is 5.68. The lowest BCUT2D eigenvalue weighted by atomic mass is 10.1. The van der Waals surface area contributed by atoms with Crippen LogP contribution in [-0.2, 0) is 11.3 Å². The van der Waals surface area contributed by atoms with E-state index in [2.05, 4.69) is 10.6 Å². The number of ether oxygens (including phenoxy) is 1. The predicted molar refractivity (Wildman–Crippen MR) is 84.3 cm³/mol. The molecule has 1 saturated carbocycles. The lowest BCUT2D eigenvalue weighted by Crippen LogP contribution is -2.37. The number of nitrogens with one attached hydrogen (secondary N) is 2. The van der Waals surface area contributed by atoms with Gasteiger partial charge >= 0.3 is 0 Å². The molecule has 2 rings (SSSR count). The van der Waals surface area contributed by atoms with Gasteiger partial charge in [0.15, 0.2) is 6.61 Å². The van der Waals surface area contributed by atoms with Gasteiger partial charge in [-0.2, -0.15) is 0 Å². The number of rotatable bonds is 6. The van der Waals surface area contributed by atoms with Gasteiger partial charge in [-0.3, -0.25) is 4.79 Å². The minimum Gasteiger partial charge on any atom is -0.483 e. The summed E-state index contributed by atoms with van der Waals surface area (Å²) >= 11 is 0. The summed E-state index contributed by atoms with van der Waals surface area (Å²) in [5, 5.41) is 6.21. The molecule has 0 aromatic heterocycles. The number of carbonyl (C=O) groups excluding carboxylic acids is 1. The van der Waals surface area contributed by atoms with E-state index in [4.69, 9.17) is 4.74 Å². The van der Waals surface area contributed by atoms with Gasteiger partial charge in [-0.15, -0.1) is 0 Å². The average molecular weight is 290 g/mol. The van der Waals surface area contributed by atoms with E-state index < -0.39 is 0 Å². The quantitative estimate of drug-likeness (QED) is 0.792. The fourth-order valence-corrected chi connectivity index (χ4v) is 2.82. The summed E-state index contributed by atoms with van der Waals surface area (Å²) in [6.07, 6.45) is 7.22. The van der Waals surface area contributed by atoms with Crippen molar-refractivity contribution in [3.05, 3.63) is 29.8 Å². The van der Waals surface area contributed by atoms with Crippen molar-refractivity contribution in [1.29, 1.82) is 0 Å². The molecule has 2 N–H and O–H groups in total. The van der Waals surface area contributed by atoms with Crippen molar-refractivity contribution in [2.75, 3.05) is 13.7 Å². The Bertz CT molecular complexity index is 440. The van der Waals surface area contributed by atoms with Gasteiger partial charge < -0.3 is 15.4 Å². The number of para-hydroxylation sites is 1. The molecule has 1 fully saturated rings. The lowest BCUT2D eigenvalue weighted by molar-refractivity contribution is -0.123. The number of benzene rings is 1. The third-order valence-electron chi connectivity index (χ3n) is 3.92. The van der Waals surface area contributed by atoms with Crippen molar-refractivity contribution in [3.63, 3.8) is 0 Å². The molecule has 21 heavy (non-hydrogen) atoms. The standard InChI is InChI=1S/C17H26N2O2/c1-18-12-14-8-6-7-11-16(14)21-13-17(20)19-15-9-4-2-3-5-10-15/h6-8,11,15,18H,2-5,9-10,12-13H2,1H3,(H,19,20). The van der Waals surface area contributed by atoms with Gasteiger partial charge in [0.2, 0.25) is 0 Å². The summed E-state index contributed by atoms with van der Waals surface area (Å²) in [4.78, 5) is 12.0. The van der Waals surface area contributed by atoms with E-state index >= 15 is 0 Å². The van der Waals surface area contributed by atoms with Crippen molar-refractivity contribution in [2.24, 2.45) is 0 Å². The second kappa shape index (κ2) is 8.67. The van der Waals surface area contributed by atoms with Crippen LogP contribution in [0.5, 0.6) is 5.75 Å². The lowest BCUT2D eigenvalue weighted by Gasteiger charge is -2.17. The van der Waals surface area contributed by atoms with E-state index in [-0.39, 0.29) is 12.5 Å². The van der Waals surface area contributed by atoms with Crippen LogP contribution in [-0.4, -0.2) is 25.6 Å². The summed E-state index contributed by atoms with van der Waals surface area (Å²) in [6, 6.07) is 8.15. The Morgan fingerprint density at radius 1 is 1.19 bits per heavy atom. The summed E-state index contributed by atoms with van der Waals surface area (Å²) in [5.41, 5.74) is 1.07. The van der Waals surface area contributed by atoms with Crippen molar-refractivity contribution in [1.82, 2.24) is 10.6 Å². The normalized spacial score (nSPS) is 16.2. The van der Waals surface area contributed by atoms with Gasteiger partial charge in [0.05, 0.1) is 0 Å². The van der Waals surface area contributed by atoms with E-state index in [1.807, 2.05) is 31.3 Å².